The van der Waals surface area contributed by atoms with Gasteiger partial charge in [0.25, 0.3) is 5.91 Å². The van der Waals surface area contributed by atoms with Crippen molar-refractivity contribution >= 4 is 39.1 Å². The van der Waals surface area contributed by atoms with Crippen LogP contribution >= 0.6 is 11.3 Å². The molecule has 0 spiro atoms. The molecule has 0 aromatic carbocycles. The van der Waals surface area contributed by atoms with Crippen LogP contribution in [0.4, 0.5) is 0 Å². The third-order valence-electron chi connectivity index (χ3n) is 11.2. The number of sulfonamides is 1. The first-order valence-electron chi connectivity index (χ1n) is 18.4. The number of hydrogen-bond acceptors (Lipinski definition) is 11. The van der Waals surface area contributed by atoms with Crippen molar-refractivity contribution in [3.8, 4) is 16.7 Å². The lowest BCUT2D eigenvalue weighted by molar-refractivity contribution is -0.140. The van der Waals surface area contributed by atoms with Gasteiger partial charge in [-0.05, 0) is 77.0 Å². The van der Waals surface area contributed by atoms with Crippen LogP contribution < -0.4 is 20.5 Å². The van der Waals surface area contributed by atoms with E-state index < -0.39 is 50.3 Å². The van der Waals surface area contributed by atoms with Crippen molar-refractivity contribution in [1.29, 1.82) is 0 Å². The molecule has 4 heterocycles. The molecule has 0 unspecified atom stereocenters. The normalized spacial score (nSPS) is 29.9. The summed E-state index contributed by atoms with van der Waals surface area (Å²) in [6, 6.07) is -1.77. The quantitative estimate of drug-likeness (QED) is 0.354. The van der Waals surface area contributed by atoms with Crippen LogP contribution in [-0.4, -0.2) is 81.0 Å². The average Bonchev–Trinajstić information content (AvgIpc) is 3.86. The third kappa shape index (κ3) is 7.17. The monoisotopic (exact) mass is 739 g/mol. The molecule has 2 aromatic heterocycles. The number of nitrogens with two attached hydrogens (primary N) is 1. The Balaban J connectivity index is 1.17. The number of rotatable bonds is 7. The molecular formula is C36H49N7O6S2. The second-order valence-electron chi connectivity index (χ2n) is 15.5. The fraction of sp³-hybridized carbons (Fsp3) is 0.667. The molecule has 13 nitrogen and oxygen atoms in total. The molecule has 5 atom stereocenters. The molecule has 2 saturated carbocycles. The van der Waals surface area contributed by atoms with Crippen molar-refractivity contribution in [3.63, 3.8) is 0 Å². The minimum atomic E-state index is -3.93. The summed E-state index contributed by atoms with van der Waals surface area (Å²) in [5.41, 5.74) is 7.85. The zero-order valence-corrected chi connectivity index (χ0v) is 31.3. The Kier molecular flexibility index (Phi) is 9.76. The Hall–Kier alpha value is -3.43. The lowest BCUT2D eigenvalue weighted by atomic mass is 9.97. The van der Waals surface area contributed by atoms with Crippen LogP contribution in [0.5, 0.6) is 5.88 Å². The number of fused-ring (bicyclic) bond motifs is 3. The van der Waals surface area contributed by atoms with E-state index in [1.165, 1.54) is 16.2 Å². The third-order valence-corrected chi connectivity index (χ3v) is 14.3. The zero-order valence-electron chi connectivity index (χ0n) is 29.7. The summed E-state index contributed by atoms with van der Waals surface area (Å²) in [5.74, 6) is -0.788. The summed E-state index contributed by atoms with van der Waals surface area (Å²) >= 11 is 1.49. The molecule has 15 heteroatoms. The van der Waals surface area contributed by atoms with Crippen molar-refractivity contribution < 1.29 is 27.5 Å². The van der Waals surface area contributed by atoms with E-state index in [1.54, 1.807) is 6.92 Å². The predicted molar refractivity (Wildman–Crippen MR) is 192 cm³/mol. The molecule has 0 bridgehead atoms. The maximum absolute atomic E-state index is 14.2. The van der Waals surface area contributed by atoms with E-state index in [2.05, 4.69) is 23.9 Å². The highest BCUT2D eigenvalue weighted by atomic mass is 32.2. The van der Waals surface area contributed by atoms with Gasteiger partial charge in [-0.25, -0.2) is 18.4 Å². The number of ether oxygens (including phenoxy) is 1. The van der Waals surface area contributed by atoms with Crippen LogP contribution in [0.15, 0.2) is 17.5 Å². The SMILES string of the molecule is CC(C)c1csc(-c2nc3c(c(O[C@@H]4C[C@H]5C(=O)N[C@]6(C(=O)NS(=O)(=O)C7(C)CC7)C[C@H]6/C=C\CCCCC[C@H](N)C(=O)N5C4)n2)CCCC3)n1. The number of aryl methyl sites for hydroxylation is 1. The zero-order chi connectivity index (χ0) is 36.1. The van der Waals surface area contributed by atoms with E-state index in [1.807, 2.05) is 17.5 Å². The lowest BCUT2D eigenvalue weighted by Crippen LogP contribution is -2.58. The van der Waals surface area contributed by atoms with Gasteiger partial charge in [-0.3, -0.25) is 19.1 Å². The van der Waals surface area contributed by atoms with Gasteiger partial charge in [0.05, 0.1) is 28.7 Å². The molecule has 3 aliphatic carbocycles. The first-order valence-corrected chi connectivity index (χ1v) is 20.8. The molecular weight excluding hydrogens is 691 g/mol. The summed E-state index contributed by atoms with van der Waals surface area (Å²) in [5, 5.41) is 5.66. The molecule has 1 saturated heterocycles. The van der Waals surface area contributed by atoms with Crippen LogP contribution in [-0.2, 0) is 37.2 Å². The maximum Gasteiger partial charge on any atom is 0.259 e. The standard InChI is InChI=1S/C36H49N7O6S2/c1-21(2)27-20-50-32(39-27)29-38-26-14-10-9-12-24(26)31(40-29)49-23-17-28-30(44)41-36(34(46)42-51(47,48)35(3)15-16-35)18-22(36)11-7-5-4-6-8-13-25(37)33(45)43(28)19-23/h7,11,20-23,25,28H,4-6,8-10,12-19,37H2,1-3H3,(H,41,44)(H,42,46)/b11-7-/t22-,23-,25+,28+,36-/m1/s1. The van der Waals surface area contributed by atoms with Crippen molar-refractivity contribution in [2.75, 3.05) is 6.54 Å². The van der Waals surface area contributed by atoms with Gasteiger partial charge in [0, 0.05) is 23.3 Å². The number of nitrogens with one attached hydrogen (secondary N) is 2. The Morgan fingerprint density at radius 2 is 1.90 bits per heavy atom. The predicted octanol–water partition coefficient (Wildman–Crippen LogP) is 3.67. The van der Waals surface area contributed by atoms with Crippen LogP contribution in [0.2, 0.25) is 0 Å². The highest BCUT2D eigenvalue weighted by Gasteiger charge is 2.63. The Morgan fingerprint density at radius 3 is 2.65 bits per heavy atom. The summed E-state index contributed by atoms with van der Waals surface area (Å²) in [4.78, 5) is 57.9. The molecule has 3 fully saturated rings. The van der Waals surface area contributed by atoms with Gasteiger partial charge >= 0.3 is 0 Å². The second-order valence-corrected chi connectivity index (χ2v) is 18.6. The molecule has 51 heavy (non-hydrogen) atoms. The molecule has 2 aromatic rings. The number of allylic oxidation sites excluding steroid dienone is 1. The van der Waals surface area contributed by atoms with E-state index in [9.17, 15) is 22.8 Å². The summed E-state index contributed by atoms with van der Waals surface area (Å²) in [6.07, 6.45) is 12.0. The summed E-state index contributed by atoms with van der Waals surface area (Å²) in [6.45, 7) is 5.91. The van der Waals surface area contributed by atoms with Gasteiger partial charge in [-0.15, -0.1) is 11.3 Å². The largest absolute Gasteiger partial charge is 0.472 e. The molecule has 276 valence electrons. The Labute approximate surface area is 303 Å². The number of thiazole rings is 1. The lowest BCUT2D eigenvalue weighted by Gasteiger charge is -2.28. The van der Waals surface area contributed by atoms with Gasteiger partial charge in [0.1, 0.15) is 17.7 Å². The van der Waals surface area contributed by atoms with Gasteiger partial charge < -0.3 is 20.7 Å². The van der Waals surface area contributed by atoms with E-state index >= 15 is 0 Å². The van der Waals surface area contributed by atoms with E-state index in [-0.39, 0.29) is 37.1 Å². The number of hydrogen-bond donors (Lipinski definition) is 3. The number of carbonyl (C=O) groups excluding carboxylic acids is 3. The van der Waals surface area contributed by atoms with Gasteiger partial charge in [-0.1, -0.05) is 38.8 Å². The highest BCUT2D eigenvalue weighted by Crippen LogP contribution is 2.47. The van der Waals surface area contributed by atoms with E-state index in [4.69, 9.17) is 25.4 Å². The number of nitrogens with zero attached hydrogens (tertiary/aromatic N) is 4. The van der Waals surface area contributed by atoms with Crippen LogP contribution in [0.3, 0.4) is 0 Å². The Morgan fingerprint density at radius 1 is 1.12 bits per heavy atom. The maximum atomic E-state index is 14.2. The number of carbonyl (C=O) groups is 3. The number of amides is 3. The molecule has 0 radical (unpaired) electrons. The topological polar surface area (TPSA) is 187 Å². The van der Waals surface area contributed by atoms with Crippen molar-refractivity contribution in [1.82, 2.24) is 29.9 Å². The molecule has 4 N–H and O–H groups in total. The second kappa shape index (κ2) is 13.8. The van der Waals surface area contributed by atoms with E-state index in [0.29, 0.717) is 36.0 Å². The van der Waals surface area contributed by atoms with Gasteiger partial charge in [-0.2, -0.15) is 4.98 Å². The van der Waals surface area contributed by atoms with Gasteiger partial charge in [0.15, 0.2) is 10.8 Å². The van der Waals surface area contributed by atoms with Crippen molar-refractivity contribution in [2.45, 2.75) is 139 Å². The highest BCUT2D eigenvalue weighted by molar-refractivity contribution is 7.91. The Bertz CT molecular complexity index is 1840. The fourth-order valence-electron chi connectivity index (χ4n) is 7.41. The minimum absolute atomic E-state index is 0.114. The molecule has 7 rings (SSSR count). The molecule has 5 aliphatic rings. The fourth-order valence-corrected chi connectivity index (χ4v) is 9.63. The minimum Gasteiger partial charge on any atom is -0.472 e. The van der Waals surface area contributed by atoms with Crippen molar-refractivity contribution in [2.24, 2.45) is 11.7 Å². The van der Waals surface area contributed by atoms with Crippen molar-refractivity contribution in [3.05, 3.63) is 34.5 Å². The first-order chi connectivity index (χ1) is 24.3. The number of aromatic nitrogens is 3. The average molecular weight is 740 g/mol. The van der Waals surface area contributed by atoms with Crippen LogP contribution in [0, 0.1) is 5.92 Å². The summed E-state index contributed by atoms with van der Waals surface area (Å²) < 4.78 is 34.1. The van der Waals surface area contributed by atoms with Crippen LogP contribution in [0.25, 0.3) is 10.8 Å². The van der Waals surface area contributed by atoms with E-state index in [0.717, 1.165) is 68.3 Å². The molecule has 2 aliphatic heterocycles. The smallest absolute Gasteiger partial charge is 0.259 e. The van der Waals surface area contributed by atoms with Crippen LogP contribution in [0.1, 0.15) is 114 Å². The molecule has 3 amide bonds. The summed E-state index contributed by atoms with van der Waals surface area (Å²) in [7, 11) is -3.93. The first kappa shape index (κ1) is 36.0. The van der Waals surface area contributed by atoms with Gasteiger partial charge in [0.2, 0.25) is 27.7 Å².